The highest BCUT2D eigenvalue weighted by molar-refractivity contribution is 7.89. The van der Waals surface area contributed by atoms with Gasteiger partial charge in [0.05, 0.1) is 10.5 Å². The van der Waals surface area contributed by atoms with E-state index < -0.39 is 21.8 Å². The van der Waals surface area contributed by atoms with Gasteiger partial charge in [-0.25, -0.2) is 13.1 Å². The zero-order valence-electron chi connectivity index (χ0n) is 11.1. The third kappa shape index (κ3) is 4.22. The fraction of sp³-hybridized carbons (Fsp3) is 0.143. The van der Waals surface area contributed by atoms with Crippen molar-refractivity contribution >= 4 is 21.6 Å². The quantitative estimate of drug-likeness (QED) is 0.911. The molecule has 0 saturated carbocycles. The van der Waals surface area contributed by atoms with Gasteiger partial charge in [-0.3, -0.25) is 0 Å². The Labute approximate surface area is 130 Å². The van der Waals surface area contributed by atoms with E-state index in [9.17, 15) is 21.6 Å². The fourth-order valence-electron chi connectivity index (χ4n) is 1.75. The summed E-state index contributed by atoms with van der Waals surface area (Å²) >= 11 is 5.72. The van der Waals surface area contributed by atoms with Crippen LogP contribution >= 0.6 is 11.6 Å². The second kappa shape index (κ2) is 6.28. The van der Waals surface area contributed by atoms with Crippen LogP contribution in [0.1, 0.15) is 11.1 Å². The molecular weight excluding hydrogens is 339 g/mol. The lowest BCUT2D eigenvalue weighted by molar-refractivity contribution is -0.137. The lowest BCUT2D eigenvalue weighted by Gasteiger charge is -2.10. The van der Waals surface area contributed by atoms with Gasteiger partial charge < -0.3 is 0 Å². The minimum atomic E-state index is -4.47. The summed E-state index contributed by atoms with van der Waals surface area (Å²) in [7, 11) is -3.84. The summed E-state index contributed by atoms with van der Waals surface area (Å²) in [5.41, 5.74) is -0.618. The SMILES string of the molecule is O=S(=O)(NCc1cccc(C(F)(F)F)c1)c1cccc(Cl)c1. The molecule has 2 aromatic carbocycles. The Hall–Kier alpha value is -1.57. The van der Waals surface area contributed by atoms with Crippen LogP contribution < -0.4 is 4.72 Å². The van der Waals surface area contributed by atoms with Crippen molar-refractivity contribution in [3.8, 4) is 0 Å². The van der Waals surface area contributed by atoms with E-state index >= 15 is 0 Å². The van der Waals surface area contributed by atoms with Crippen molar-refractivity contribution in [3.05, 3.63) is 64.7 Å². The van der Waals surface area contributed by atoms with Gasteiger partial charge in [0.1, 0.15) is 0 Å². The summed E-state index contributed by atoms with van der Waals surface area (Å²) in [5.74, 6) is 0. The lowest BCUT2D eigenvalue weighted by Crippen LogP contribution is -2.23. The number of halogens is 4. The fourth-order valence-corrected chi connectivity index (χ4v) is 3.07. The molecule has 0 fully saturated rings. The van der Waals surface area contributed by atoms with E-state index in [1.165, 1.54) is 36.4 Å². The summed E-state index contributed by atoms with van der Waals surface area (Å²) in [5, 5.41) is 0.252. The molecule has 2 aromatic rings. The first-order chi connectivity index (χ1) is 10.2. The predicted molar refractivity (Wildman–Crippen MR) is 76.9 cm³/mol. The zero-order chi connectivity index (χ0) is 16.4. The minimum absolute atomic E-state index is 0.0491. The number of sulfonamides is 1. The van der Waals surface area contributed by atoms with Crippen LogP contribution in [0.3, 0.4) is 0 Å². The Bertz CT molecular complexity index is 776. The maximum Gasteiger partial charge on any atom is 0.416 e. The maximum atomic E-state index is 12.6. The van der Waals surface area contributed by atoms with E-state index in [4.69, 9.17) is 11.6 Å². The van der Waals surface area contributed by atoms with Gasteiger partial charge in [-0.15, -0.1) is 0 Å². The summed E-state index contributed by atoms with van der Waals surface area (Å²) in [4.78, 5) is -0.0491. The number of nitrogens with one attached hydrogen (secondary N) is 1. The molecule has 2 rings (SSSR count). The van der Waals surface area contributed by atoms with Crippen molar-refractivity contribution in [2.24, 2.45) is 0 Å². The second-order valence-electron chi connectivity index (χ2n) is 4.48. The number of hydrogen-bond acceptors (Lipinski definition) is 2. The van der Waals surface area contributed by atoms with Gasteiger partial charge in [0.2, 0.25) is 10.0 Å². The molecule has 8 heteroatoms. The monoisotopic (exact) mass is 349 g/mol. The Kier molecular flexibility index (Phi) is 4.79. The van der Waals surface area contributed by atoms with E-state index in [2.05, 4.69) is 4.72 Å². The molecule has 0 aliphatic rings. The number of hydrogen-bond donors (Lipinski definition) is 1. The van der Waals surface area contributed by atoms with Gasteiger partial charge in [-0.2, -0.15) is 13.2 Å². The largest absolute Gasteiger partial charge is 0.416 e. The molecule has 22 heavy (non-hydrogen) atoms. The van der Waals surface area contributed by atoms with E-state index in [-0.39, 0.29) is 22.0 Å². The zero-order valence-corrected chi connectivity index (χ0v) is 12.6. The van der Waals surface area contributed by atoms with Gasteiger partial charge in [0, 0.05) is 11.6 Å². The lowest BCUT2D eigenvalue weighted by atomic mass is 10.1. The van der Waals surface area contributed by atoms with E-state index in [1.807, 2.05) is 0 Å². The molecule has 3 nitrogen and oxygen atoms in total. The third-order valence-electron chi connectivity index (χ3n) is 2.83. The average molecular weight is 350 g/mol. The molecule has 0 spiro atoms. The Morgan fingerprint density at radius 1 is 1.05 bits per heavy atom. The molecular formula is C14H11ClF3NO2S. The highest BCUT2D eigenvalue weighted by atomic mass is 35.5. The van der Waals surface area contributed by atoms with Crippen LogP contribution in [0.25, 0.3) is 0 Å². The molecule has 0 amide bonds. The van der Waals surface area contributed by atoms with Crippen molar-refractivity contribution in [1.82, 2.24) is 4.72 Å². The van der Waals surface area contributed by atoms with Crippen LogP contribution in [0.4, 0.5) is 13.2 Å². The Balaban J connectivity index is 2.16. The van der Waals surface area contributed by atoms with E-state index in [0.717, 1.165) is 12.1 Å². The summed E-state index contributed by atoms with van der Waals surface area (Å²) < 4.78 is 64.1. The number of rotatable bonds is 4. The van der Waals surface area contributed by atoms with Crippen molar-refractivity contribution in [3.63, 3.8) is 0 Å². The highest BCUT2D eigenvalue weighted by Gasteiger charge is 2.30. The molecule has 1 N–H and O–H groups in total. The van der Waals surface area contributed by atoms with Crippen LogP contribution in [0.15, 0.2) is 53.4 Å². The van der Waals surface area contributed by atoms with E-state index in [1.54, 1.807) is 0 Å². The molecule has 0 radical (unpaired) electrons. The molecule has 0 unspecified atom stereocenters. The Morgan fingerprint density at radius 3 is 2.36 bits per heavy atom. The van der Waals surface area contributed by atoms with Crippen LogP contribution in [0, 0.1) is 0 Å². The molecule has 0 heterocycles. The summed E-state index contributed by atoms with van der Waals surface area (Å²) in [6.07, 6.45) is -4.47. The van der Waals surface area contributed by atoms with Gasteiger partial charge in [0.25, 0.3) is 0 Å². The highest BCUT2D eigenvalue weighted by Crippen LogP contribution is 2.29. The minimum Gasteiger partial charge on any atom is -0.207 e. The van der Waals surface area contributed by atoms with Crippen molar-refractivity contribution in [1.29, 1.82) is 0 Å². The van der Waals surface area contributed by atoms with Crippen molar-refractivity contribution in [2.45, 2.75) is 17.6 Å². The predicted octanol–water partition coefficient (Wildman–Crippen LogP) is 3.84. The van der Waals surface area contributed by atoms with Crippen molar-refractivity contribution in [2.75, 3.05) is 0 Å². The molecule has 0 aliphatic carbocycles. The van der Waals surface area contributed by atoms with Crippen LogP contribution in [-0.2, 0) is 22.7 Å². The van der Waals surface area contributed by atoms with E-state index in [0.29, 0.717) is 0 Å². The van der Waals surface area contributed by atoms with Gasteiger partial charge in [0.15, 0.2) is 0 Å². The Morgan fingerprint density at radius 2 is 1.73 bits per heavy atom. The molecule has 0 atom stereocenters. The van der Waals surface area contributed by atoms with Crippen molar-refractivity contribution < 1.29 is 21.6 Å². The first kappa shape index (κ1) is 16.8. The van der Waals surface area contributed by atoms with Gasteiger partial charge in [-0.1, -0.05) is 35.9 Å². The standard InChI is InChI=1S/C14H11ClF3NO2S/c15-12-5-2-6-13(8-12)22(20,21)19-9-10-3-1-4-11(7-10)14(16,17)18/h1-8,19H,9H2. The van der Waals surface area contributed by atoms with Gasteiger partial charge in [-0.05, 0) is 29.8 Å². The molecule has 0 aliphatic heterocycles. The smallest absolute Gasteiger partial charge is 0.207 e. The second-order valence-corrected chi connectivity index (χ2v) is 6.68. The first-order valence-corrected chi connectivity index (χ1v) is 7.96. The first-order valence-electron chi connectivity index (χ1n) is 6.10. The average Bonchev–Trinajstić information content (AvgIpc) is 2.45. The third-order valence-corrected chi connectivity index (χ3v) is 4.46. The van der Waals surface area contributed by atoms with Gasteiger partial charge >= 0.3 is 6.18 Å². The molecule has 118 valence electrons. The maximum absolute atomic E-state index is 12.6. The molecule has 0 aromatic heterocycles. The number of alkyl halides is 3. The topological polar surface area (TPSA) is 46.2 Å². The van der Waals surface area contributed by atoms with Crippen LogP contribution in [0.2, 0.25) is 5.02 Å². The number of benzene rings is 2. The van der Waals surface area contributed by atoms with Crippen LogP contribution in [0.5, 0.6) is 0 Å². The molecule has 0 bridgehead atoms. The summed E-state index contributed by atoms with van der Waals surface area (Å²) in [6, 6.07) is 10.1. The summed E-state index contributed by atoms with van der Waals surface area (Å²) in [6.45, 7) is -0.251. The molecule has 0 saturated heterocycles. The van der Waals surface area contributed by atoms with Crippen LogP contribution in [-0.4, -0.2) is 8.42 Å². The normalized spacial score (nSPS) is 12.4.